The van der Waals surface area contributed by atoms with Crippen molar-refractivity contribution in [3.05, 3.63) is 151 Å². The lowest BCUT2D eigenvalue weighted by atomic mass is 10.1. The molecule has 0 aliphatic rings. The molecule has 0 radical (unpaired) electrons. The average molecular weight is 580 g/mol. The summed E-state index contributed by atoms with van der Waals surface area (Å²) in [6.45, 7) is 6.27. The Kier molecular flexibility index (Phi) is 6.42. The van der Waals surface area contributed by atoms with Crippen LogP contribution in [0.4, 0.5) is 0 Å². The second-order valence-electron chi connectivity index (χ2n) is 10.9. The molecule has 5 nitrogen and oxygen atoms in total. The molecule has 3 aromatic heterocycles. The summed E-state index contributed by atoms with van der Waals surface area (Å²) in [5.41, 5.74) is 8.28. The number of para-hydroxylation sites is 2. The molecule has 0 saturated carbocycles. The standard InChI is InChI=1S/C40H29N5/c1-3-16-30-32-25-33-31-23-14-15-24-35(31)45(37(33)26-36(32)44(34(30)4-2)29-21-12-7-13-22-29)40-42-38(27-17-8-5-9-18-27)41-39(43-40)28-19-10-6-11-20-28/h3-26H,2H2,1H3/b16-3-. The van der Waals surface area contributed by atoms with Crippen molar-refractivity contribution in [2.75, 3.05) is 0 Å². The third-order valence-electron chi connectivity index (χ3n) is 8.27. The Labute approximate surface area is 261 Å². The zero-order valence-corrected chi connectivity index (χ0v) is 24.8. The van der Waals surface area contributed by atoms with Crippen LogP contribution in [0.2, 0.25) is 0 Å². The minimum Gasteiger partial charge on any atom is -0.309 e. The maximum absolute atomic E-state index is 5.11. The Hall–Kier alpha value is -6.07. The molecule has 214 valence electrons. The van der Waals surface area contributed by atoms with Gasteiger partial charge in [-0.15, -0.1) is 0 Å². The fourth-order valence-corrected chi connectivity index (χ4v) is 6.30. The van der Waals surface area contributed by atoms with Crippen LogP contribution in [0.25, 0.3) is 79.3 Å². The van der Waals surface area contributed by atoms with Gasteiger partial charge in [0.25, 0.3) is 0 Å². The monoisotopic (exact) mass is 579 g/mol. The van der Waals surface area contributed by atoms with Gasteiger partial charge in [0, 0.05) is 38.5 Å². The third-order valence-corrected chi connectivity index (χ3v) is 8.27. The Morgan fingerprint density at radius 3 is 1.76 bits per heavy atom. The smallest absolute Gasteiger partial charge is 0.238 e. The molecule has 5 aromatic carbocycles. The molecule has 0 saturated heterocycles. The van der Waals surface area contributed by atoms with E-state index in [1.807, 2.05) is 72.8 Å². The predicted molar refractivity (Wildman–Crippen MR) is 187 cm³/mol. The highest BCUT2D eigenvalue weighted by molar-refractivity contribution is 6.15. The Morgan fingerprint density at radius 1 is 0.556 bits per heavy atom. The molecule has 3 heterocycles. The van der Waals surface area contributed by atoms with E-state index in [0.29, 0.717) is 17.6 Å². The molecule has 0 spiro atoms. The van der Waals surface area contributed by atoms with Crippen LogP contribution in [0, 0.1) is 0 Å². The topological polar surface area (TPSA) is 48.5 Å². The van der Waals surface area contributed by atoms with Gasteiger partial charge >= 0.3 is 0 Å². The highest BCUT2D eigenvalue weighted by atomic mass is 15.2. The van der Waals surface area contributed by atoms with Crippen LogP contribution in [-0.2, 0) is 0 Å². The van der Waals surface area contributed by atoms with E-state index in [1.54, 1.807) is 0 Å². The van der Waals surface area contributed by atoms with Crippen molar-refractivity contribution in [1.82, 2.24) is 24.1 Å². The largest absolute Gasteiger partial charge is 0.309 e. The molecular formula is C40H29N5. The van der Waals surface area contributed by atoms with Crippen LogP contribution < -0.4 is 0 Å². The summed E-state index contributed by atoms with van der Waals surface area (Å²) in [4.78, 5) is 15.2. The first kappa shape index (κ1) is 26.5. The minimum atomic E-state index is 0.573. The molecule has 0 unspecified atom stereocenters. The van der Waals surface area contributed by atoms with E-state index in [0.717, 1.165) is 60.8 Å². The van der Waals surface area contributed by atoms with Crippen molar-refractivity contribution in [2.45, 2.75) is 6.92 Å². The highest BCUT2D eigenvalue weighted by Crippen LogP contribution is 2.39. The van der Waals surface area contributed by atoms with E-state index in [9.17, 15) is 0 Å². The van der Waals surface area contributed by atoms with Gasteiger partial charge < -0.3 is 4.57 Å². The second-order valence-corrected chi connectivity index (χ2v) is 10.9. The summed E-state index contributed by atoms with van der Waals surface area (Å²) in [5, 5.41) is 3.43. The van der Waals surface area contributed by atoms with E-state index in [4.69, 9.17) is 15.0 Å². The summed E-state index contributed by atoms with van der Waals surface area (Å²) >= 11 is 0. The lowest BCUT2D eigenvalue weighted by Crippen LogP contribution is -2.06. The first-order valence-corrected chi connectivity index (χ1v) is 15.0. The van der Waals surface area contributed by atoms with Gasteiger partial charge in [-0.2, -0.15) is 9.97 Å². The fraction of sp³-hybridized carbons (Fsp3) is 0.0250. The van der Waals surface area contributed by atoms with Crippen molar-refractivity contribution in [2.24, 2.45) is 0 Å². The number of hydrogen-bond donors (Lipinski definition) is 0. The Bertz CT molecular complexity index is 2320. The molecule has 0 N–H and O–H groups in total. The van der Waals surface area contributed by atoms with Crippen LogP contribution in [0.3, 0.4) is 0 Å². The van der Waals surface area contributed by atoms with Crippen LogP contribution in [0.5, 0.6) is 0 Å². The fourth-order valence-electron chi connectivity index (χ4n) is 6.30. The number of allylic oxidation sites excluding steroid dienone is 1. The minimum absolute atomic E-state index is 0.573. The van der Waals surface area contributed by atoms with Gasteiger partial charge in [-0.1, -0.05) is 116 Å². The van der Waals surface area contributed by atoms with Gasteiger partial charge in [-0.3, -0.25) is 4.57 Å². The number of fused-ring (bicyclic) bond motifs is 4. The molecular weight excluding hydrogens is 550 g/mol. The maximum atomic E-state index is 5.11. The van der Waals surface area contributed by atoms with E-state index in [2.05, 4.69) is 95.5 Å². The van der Waals surface area contributed by atoms with Crippen molar-refractivity contribution >= 4 is 44.9 Å². The number of rotatable bonds is 6. The van der Waals surface area contributed by atoms with Gasteiger partial charge in [0.05, 0.1) is 22.2 Å². The van der Waals surface area contributed by atoms with Crippen molar-refractivity contribution in [1.29, 1.82) is 0 Å². The van der Waals surface area contributed by atoms with E-state index < -0.39 is 0 Å². The maximum Gasteiger partial charge on any atom is 0.238 e. The number of hydrogen-bond acceptors (Lipinski definition) is 3. The zero-order chi connectivity index (χ0) is 30.3. The van der Waals surface area contributed by atoms with Crippen LogP contribution in [-0.4, -0.2) is 24.1 Å². The number of nitrogens with zero attached hydrogens (tertiary/aromatic N) is 5. The first-order valence-electron chi connectivity index (χ1n) is 15.0. The predicted octanol–water partition coefficient (Wildman–Crippen LogP) is 9.92. The SMILES string of the molecule is C=Cc1c(/C=C\C)c2cc3c4ccccc4n(-c4nc(-c5ccccc5)nc(-c5ccccc5)n4)c3cc2n1-c1ccccc1. The van der Waals surface area contributed by atoms with Gasteiger partial charge in [0.1, 0.15) is 0 Å². The summed E-state index contributed by atoms with van der Waals surface area (Å²) in [6.07, 6.45) is 6.21. The van der Waals surface area contributed by atoms with Crippen molar-refractivity contribution < 1.29 is 0 Å². The van der Waals surface area contributed by atoms with Crippen molar-refractivity contribution in [3.63, 3.8) is 0 Å². The molecule has 8 rings (SSSR count). The quantitative estimate of drug-likeness (QED) is 0.197. The zero-order valence-electron chi connectivity index (χ0n) is 24.8. The Morgan fingerprint density at radius 2 is 1.13 bits per heavy atom. The van der Waals surface area contributed by atoms with Crippen LogP contribution in [0.15, 0.2) is 140 Å². The Balaban J connectivity index is 1.50. The van der Waals surface area contributed by atoms with E-state index in [-0.39, 0.29) is 0 Å². The molecule has 8 aromatic rings. The number of aromatic nitrogens is 5. The molecule has 0 aliphatic heterocycles. The molecule has 0 atom stereocenters. The van der Waals surface area contributed by atoms with Gasteiger partial charge in [-0.25, -0.2) is 4.98 Å². The van der Waals surface area contributed by atoms with E-state index >= 15 is 0 Å². The van der Waals surface area contributed by atoms with Crippen LogP contribution in [0.1, 0.15) is 18.2 Å². The third kappa shape index (κ3) is 4.36. The average Bonchev–Trinajstić information content (AvgIpc) is 3.60. The second kappa shape index (κ2) is 10.9. The summed E-state index contributed by atoms with van der Waals surface area (Å²) < 4.78 is 4.47. The summed E-state index contributed by atoms with van der Waals surface area (Å²) in [7, 11) is 0. The summed E-state index contributed by atoms with van der Waals surface area (Å²) in [5.74, 6) is 1.83. The highest BCUT2D eigenvalue weighted by Gasteiger charge is 2.22. The molecule has 45 heavy (non-hydrogen) atoms. The molecule has 0 fully saturated rings. The number of benzene rings is 5. The van der Waals surface area contributed by atoms with Crippen molar-refractivity contribution in [3.8, 4) is 34.4 Å². The summed E-state index contributed by atoms with van der Waals surface area (Å²) in [6, 6.07) is 43.7. The normalized spacial score (nSPS) is 11.7. The molecule has 0 bridgehead atoms. The van der Waals surface area contributed by atoms with E-state index in [1.165, 1.54) is 0 Å². The lowest BCUT2D eigenvalue weighted by molar-refractivity contribution is 0.953. The van der Waals surface area contributed by atoms with Crippen LogP contribution >= 0.6 is 0 Å². The molecule has 0 aliphatic carbocycles. The lowest BCUT2D eigenvalue weighted by Gasteiger charge is -2.12. The molecule has 0 amide bonds. The van der Waals surface area contributed by atoms with Gasteiger partial charge in [-0.05, 0) is 43.3 Å². The molecule has 5 heteroatoms. The van der Waals surface area contributed by atoms with Gasteiger partial charge in [0.2, 0.25) is 5.95 Å². The van der Waals surface area contributed by atoms with Gasteiger partial charge in [0.15, 0.2) is 11.6 Å². The first-order chi connectivity index (χ1) is 22.2.